The lowest BCUT2D eigenvalue weighted by molar-refractivity contribution is 0.102. The molecule has 1 aliphatic heterocycles. The number of rotatable bonds is 4. The summed E-state index contributed by atoms with van der Waals surface area (Å²) in [5.41, 5.74) is 1.57. The van der Waals surface area contributed by atoms with Gasteiger partial charge in [0.2, 0.25) is 10.0 Å². The summed E-state index contributed by atoms with van der Waals surface area (Å²) in [4.78, 5) is 12.3. The first-order valence-corrected chi connectivity index (χ1v) is 9.59. The highest BCUT2D eigenvalue weighted by atomic mass is 32.2. The third-order valence-electron chi connectivity index (χ3n) is 4.07. The molecule has 134 valence electrons. The maximum absolute atomic E-state index is 12.3. The lowest BCUT2D eigenvalue weighted by Gasteiger charge is -2.18. The minimum atomic E-state index is -3.33. The van der Waals surface area contributed by atoms with Gasteiger partial charge in [0.1, 0.15) is 5.75 Å². The molecule has 1 aliphatic rings. The zero-order valence-electron chi connectivity index (χ0n) is 14.0. The van der Waals surface area contributed by atoms with Gasteiger partial charge in [0, 0.05) is 12.2 Å². The number of phenols is 1. The summed E-state index contributed by atoms with van der Waals surface area (Å²) in [5, 5.41) is 19.3. The zero-order valence-corrected chi connectivity index (χ0v) is 14.8. The van der Waals surface area contributed by atoms with Crippen LogP contribution in [0.1, 0.15) is 42.4 Å². The van der Waals surface area contributed by atoms with Crippen molar-refractivity contribution >= 4 is 27.3 Å². The maximum Gasteiger partial charge on any atom is 0.276 e. The molecule has 2 aromatic rings. The third kappa shape index (κ3) is 3.46. The van der Waals surface area contributed by atoms with Crippen molar-refractivity contribution in [1.29, 1.82) is 0 Å². The monoisotopic (exact) mass is 364 g/mol. The molecule has 3 N–H and O–H groups in total. The van der Waals surface area contributed by atoms with E-state index >= 15 is 0 Å². The average molecular weight is 364 g/mol. The largest absolute Gasteiger partial charge is 0.506 e. The minimum absolute atomic E-state index is 0.0980. The van der Waals surface area contributed by atoms with Gasteiger partial charge in [0.25, 0.3) is 5.91 Å². The number of H-pyrrole nitrogens is 1. The number of carbonyl (C=O) groups is 1. The fraction of sp³-hybridized carbons (Fsp3) is 0.375. The lowest BCUT2D eigenvalue weighted by atomic mass is 10.1. The van der Waals surface area contributed by atoms with Crippen LogP contribution in [0.3, 0.4) is 0 Å². The van der Waals surface area contributed by atoms with Gasteiger partial charge in [0.05, 0.1) is 17.1 Å². The number of amides is 1. The summed E-state index contributed by atoms with van der Waals surface area (Å²) in [6, 6.07) is 5.97. The van der Waals surface area contributed by atoms with Crippen LogP contribution in [0, 0.1) is 0 Å². The van der Waals surface area contributed by atoms with Crippen LogP contribution in [0.5, 0.6) is 5.75 Å². The van der Waals surface area contributed by atoms with Crippen LogP contribution in [0.25, 0.3) is 0 Å². The number of nitrogens with one attached hydrogen (secondary N) is 2. The van der Waals surface area contributed by atoms with Crippen LogP contribution in [-0.2, 0) is 10.0 Å². The highest BCUT2D eigenvalue weighted by Gasteiger charge is 2.29. The van der Waals surface area contributed by atoms with Crippen LogP contribution < -0.4 is 9.62 Å². The Morgan fingerprint density at radius 2 is 2.12 bits per heavy atom. The van der Waals surface area contributed by atoms with E-state index < -0.39 is 15.9 Å². The standard InChI is InChI=1S/C16H20N4O4S/c1-10(2)12-9-14(19-18-12)16(22)17-13-8-11(4-5-15(13)21)20-6-3-7-25(20,23)24/h4-5,8-10,21H,3,6-7H2,1-2H3,(H,17,22)(H,18,19). The van der Waals surface area contributed by atoms with Gasteiger partial charge in [0.15, 0.2) is 5.69 Å². The number of benzene rings is 1. The molecule has 0 spiro atoms. The van der Waals surface area contributed by atoms with Crippen LogP contribution in [0.4, 0.5) is 11.4 Å². The number of aromatic hydroxyl groups is 1. The molecule has 0 atom stereocenters. The average Bonchev–Trinajstić information content (AvgIpc) is 3.16. The Bertz CT molecular complexity index is 905. The van der Waals surface area contributed by atoms with Crippen LogP contribution >= 0.6 is 0 Å². The Morgan fingerprint density at radius 3 is 2.72 bits per heavy atom. The van der Waals surface area contributed by atoms with E-state index in [9.17, 15) is 18.3 Å². The predicted octanol–water partition coefficient (Wildman–Crippen LogP) is 2.03. The molecule has 0 unspecified atom stereocenters. The molecule has 2 heterocycles. The van der Waals surface area contributed by atoms with E-state index in [4.69, 9.17) is 0 Å². The molecule has 25 heavy (non-hydrogen) atoms. The quantitative estimate of drug-likeness (QED) is 0.718. The normalized spacial score (nSPS) is 16.4. The van der Waals surface area contributed by atoms with Gasteiger partial charge in [-0.2, -0.15) is 5.10 Å². The predicted molar refractivity (Wildman–Crippen MR) is 94.5 cm³/mol. The molecule has 1 saturated heterocycles. The first-order chi connectivity index (χ1) is 11.8. The van der Waals surface area contributed by atoms with Crippen LogP contribution in [0.15, 0.2) is 24.3 Å². The number of nitrogens with zero attached hydrogens (tertiary/aromatic N) is 2. The smallest absolute Gasteiger partial charge is 0.276 e. The number of aromatic amines is 1. The molecule has 0 saturated carbocycles. The Labute approximate surface area is 145 Å². The molecule has 1 amide bonds. The van der Waals surface area contributed by atoms with Crippen LogP contribution in [-0.4, -0.2) is 41.9 Å². The summed E-state index contributed by atoms with van der Waals surface area (Å²) in [6.07, 6.45) is 0.552. The van der Waals surface area contributed by atoms with Crippen molar-refractivity contribution in [3.8, 4) is 5.75 Å². The Hall–Kier alpha value is -2.55. The molecular weight excluding hydrogens is 344 g/mol. The number of aromatic nitrogens is 2. The summed E-state index contributed by atoms with van der Waals surface area (Å²) in [6.45, 7) is 4.33. The third-order valence-corrected chi connectivity index (χ3v) is 5.94. The van der Waals surface area contributed by atoms with E-state index in [2.05, 4.69) is 15.5 Å². The molecule has 0 bridgehead atoms. The van der Waals surface area contributed by atoms with E-state index in [1.54, 1.807) is 6.07 Å². The van der Waals surface area contributed by atoms with Crippen molar-refractivity contribution in [2.75, 3.05) is 21.9 Å². The van der Waals surface area contributed by atoms with Gasteiger partial charge in [-0.15, -0.1) is 0 Å². The Kier molecular flexibility index (Phi) is 4.42. The minimum Gasteiger partial charge on any atom is -0.506 e. The molecule has 1 aromatic carbocycles. The van der Waals surface area contributed by atoms with Gasteiger partial charge in [-0.3, -0.25) is 14.2 Å². The second-order valence-corrected chi connectivity index (χ2v) is 8.27. The van der Waals surface area contributed by atoms with E-state index in [0.29, 0.717) is 18.7 Å². The van der Waals surface area contributed by atoms with Gasteiger partial charge in [-0.1, -0.05) is 13.8 Å². The molecule has 1 aromatic heterocycles. The molecular formula is C16H20N4O4S. The van der Waals surface area contributed by atoms with Gasteiger partial charge in [-0.05, 0) is 36.6 Å². The summed E-state index contributed by atoms with van der Waals surface area (Å²) in [7, 11) is -3.33. The van der Waals surface area contributed by atoms with Crippen molar-refractivity contribution in [2.24, 2.45) is 0 Å². The first kappa shape index (κ1) is 17.3. The Morgan fingerprint density at radius 1 is 1.36 bits per heavy atom. The number of sulfonamides is 1. The number of phenolic OH excluding ortho intramolecular Hbond substituents is 1. The maximum atomic E-state index is 12.3. The zero-order chi connectivity index (χ0) is 18.2. The van der Waals surface area contributed by atoms with Gasteiger partial charge < -0.3 is 10.4 Å². The van der Waals surface area contributed by atoms with Gasteiger partial charge in [-0.25, -0.2) is 8.42 Å². The second kappa shape index (κ2) is 6.40. The fourth-order valence-corrected chi connectivity index (χ4v) is 4.20. The fourth-order valence-electron chi connectivity index (χ4n) is 2.64. The molecule has 0 radical (unpaired) electrons. The van der Waals surface area contributed by atoms with E-state index in [1.165, 1.54) is 22.5 Å². The summed E-state index contributed by atoms with van der Waals surface area (Å²) < 4.78 is 25.3. The molecule has 8 nitrogen and oxygen atoms in total. The number of anilines is 2. The van der Waals surface area contributed by atoms with E-state index in [1.807, 2.05) is 13.8 Å². The Balaban J connectivity index is 1.84. The number of hydrogen-bond donors (Lipinski definition) is 3. The van der Waals surface area contributed by atoms with Crippen LogP contribution in [0.2, 0.25) is 0 Å². The molecule has 3 rings (SSSR count). The number of hydrogen-bond acceptors (Lipinski definition) is 5. The SMILES string of the molecule is CC(C)c1cc(C(=O)Nc2cc(N3CCCS3(=O)=O)ccc2O)n[nH]1. The summed E-state index contributed by atoms with van der Waals surface area (Å²) in [5.74, 6) is -0.333. The molecule has 1 fully saturated rings. The van der Waals surface area contributed by atoms with Crippen molar-refractivity contribution in [1.82, 2.24) is 10.2 Å². The van der Waals surface area contributed by atoms with E-state index in [0.717, 1.165) is 5.69 Å². The van der Waals surface area contributed by atoms with Crippen molar-refractivity contribution in [2.45, 2.75) is 26.2 Å². The summed E-state index contributed by atoms with van der Waals surface area (Å²) >= 11 is 0. The topological polar surface area (TPSA) is 115 Å². The van der Waals surface area contributed by atoms with Crippen molar-refractivity contribution in [3.05, 3.63) is 35.7 Å². The van der Waals surface area contributed by atoms with E-state index in [-0.39, 0.29) is 28.8 Å². The highest BCUT2D eigenvalue weighted by molar-refractivity contribution is 7.93. The highest BCUT2D eigenvalue weighted by Crippen LogP contribution is 2.32. The lowest BCUT2D eigenvalue weighted by Crippen LogP contribution is -2.25. The van der Waals surface area contributed by atoms with Crippen molar-refractivity contribution in [3.63, 3.8) is 0 Å². The molecule has 9 heteroatoms. The second-order valence-electron chi connectivity index (χ2n) is 6.26. The number of carbonyl (C=O) groups excluding carboxylic acids is 1. The van der Waals surface area contributed by atoms with Crippen molar-refractivity contribution < 1.29 is 18.3 Å². The van der Waals surface area contributed by atoms with Gasteiger partial charge >= 0.3 is 0 Å². The molecule has 0 aliphatic carbocycles. The first-order valence-electron chi connectivity index (χ1n) is 7.98.